The van der Waals surface area contributed by atoms with Crippen LogP contribution in [0.25, 0.3) is 0 Å². The van der Waals surface area contributed by atoms with Crippen LogP contribution in [-0.4, -0.2) is 0 Å². The van der Waals surface area contributed by atoms with Crippen molar-refractivity contribution < 1.29 is 4.74 Å². The maximum Gasteiger partial charge on any atom is 0.0814 e. The van der Waals surface area contributed by atoms with Crippen molar-refractivity contribution in [2.24, 2.45) is 0 Å². The van der Waals surface area contributed by atoms with Crippen molar-refractivity contribution in [3.05, 3.63) is 57.8 Å². The first kappa shape index (κ1) is 13.3. The molecule has 0 fully saturated rings. The van der Waals surface area contributed by atoms with Gasteiger partial charge in [0.05, 0.1) is 13.2 Å². The Morgan fingerprint density at radius 2 is 1.83 bits per heavy atom. The van der Waals surface area contributed by atoms with Crippen LogP contribution in [0.4, 0.5) is 0 Å². The first-order valence-corrected chi connectivity index (χ1v) is 7.31. The number of benzene rings is 1. The van der Waals surface area contributed by atoms with Gasteiger partial charge < -0.3 is 4.74 Å². The third-order valence-corrected chi connectivity index (χ3v) is 4.43. The molecule has 0 spiro atoms. The van der Waals surface area contributed by atoms with E-state index >= 15 is 0 Å². The second kappa shape index (κ2) is 6.72. The molecule has 1 heterocycles. The minimum Gasteiger partial charge on any atom is -0.371 e. The van der Waals surface area contributed by atoms with Crippen molar-refractivity contribution in [3.8, 4) is 0 Å². The molecule has 0 aliphatic rings. The Labute approximate surface area is 113 Å². The van der Waals surface area contributed by atoms with Gasteiger partial charge >= 0.3 is 0 Å². The molecular formula is C16H20OS. The second-order valence-electron chi connectivity index (χ2n) is 4.59. The smallest absolute Gasteiger partial charge is 0.0814 e. The Bertz CT molecular complexity index is 461. The number of ether oxygens (including phenoxy) is 1. The minimum absolute atomic E-state index is 0.665. The van der Waals surface area contributed by atoms with Crippen molar-refractivity contribution >= 4 is 11.3 Å². The van der Waals surface area contributed by atoms with Crippen LogP contribution in [0.15, 0.2) is 42.5 Å². The summed E-state index contributed by atoms with van der Waals surface area (Å²) < 4.78 is 5.74. The molecule has 2 aromatic rings. The normalized spacial score (nSPS) is 12.6. The van der Waals surface area contributed by atoms with E-state index in [4.69, 9.17) is 4.74 Å². The molecule has 18 heavy (non-hydrogen) atoms. The largest absolute Gasteiger partial charge is 0.371 e. The standard InChI is InChI=1S/C16H20OS/c1-3-13(2)16-10-9-15(18-16)12-17-11-14-7-5-4-6-8-14/h4-10,13H,3,11-12H2,1-2H3. The Morgan fingerprint density at radius 1 is 1.06 bits per heavy atom. The zero-order chi connectivity index (χ0) is 12.8. The molecule has 0 N–H and O–H groups in total. The van der Waals surface area contributed by atoms with Crippen molar-refractivity contribution in [3.63, 3.8) is 0 Å². The third kappa shape index (κ3) is 3.69. The lowest BCUT2D eigenvalue weighted by atomic mass is 10.1. The molecule has 0 radical (unpaired) electrons. The highest BCUT2D eigenvalue weighted by molar-refractivity contribution is 7.12. The fourth-order valence-corrected chi connectivity index (χ4v) is 2.87. The molecule has 0 saturated carbocycles. The molecule has 96 valence electrons. The molecule has 0 saturated heterocycles. The topological polar surface area (TPSA) is 9.23 Å². The second-order valence-corrected chi connectivity index (χ2v) is 5.79. The number of rotatable bonds is 6. The van der Waals surface area contributed by atoms with E-state index in [1.165, 1.54) is 21.7 Å². The maximum atomic E-state index is 5.74. The summed E-state index contributed by atoms with van der Waals surface area (Å²) in [5, 5.41) is 0. The van der Waals surface area contributed by atoms with Crippen molar-refractivity contribution in [1.29, 1.82) is 0 Å². The van der Waals surface area contributed by atoms with Gasteiger partial charge in [-0.15, -0.1) is 11.3 Å². The van der Waals surface area contributed by atoms with Crippen LogP contribution in [0.1, 0.15) is 41.5 Å². The summed E-state index contributed by atoms with van der Waals surface area (Å²) in [7, 11) is 0. The van der Waals surface area contributed by atoms with E-state index in [1.54, 1.807) is 0 Å². The summed E-state index contributed by atoms with van der Waals surface area (Å²) in [6.07, 6.45) is 1.20. The van der Waals surface area contributed by atoms with Gasteiger partial charge in [0.15, 0.2) is 0 Å². The predicted octanol–water partition coefficient (Wildman–Crippen LogP) is 4.98. The van der Waals surface area contributed by atoms with Crippen LogP contribution >= 0.6 is 11.3 Å². The number of hydrogen-bond acceptors (Lipinski definition) is 2. The van der Waals surface area contributed by atoms with Crippen molar-refractivity contribution in [2.45, 2.75) is 39.4 Å². The summed E-state index contributed by atoms with van der Waals surface area (Å²) in [5.41, 5.74) is 1.23. The lowest BCUT2D eigenvalue weighted by Crippen LogP contribution is -1.91. The van der Waals surface area contributed by atoms with Crippen LogP contribution in [0.2, 0.25) is 0 Å². The molecule has 0 bridgehead atoms. The van der Waals surface area contributed by atoms with Gasteiger partial charge in [-0.1, -0.05) is 44.2 Å². The quantitative estimate of drug-likeness (QED) is 0.712. The molecule has 1 atom stereocenters. The van der Waals surface area contributed by atoms with Crippen molar-refractivity contribution in [2.75, 3.05) is 0 Å². The van der Waals surface area contributed by atoms with Gasteiger partial charge in [0.1, 0.15) is 0 Å². The average Bonchev–Trinajstić information content (AvgIpc) is 2.88. The number of thiophene rings is 1. The summed E-state index contributed by atoms with van der Waals surface area (Å²) in [4.78, 5) is 2.79. The highest BCUT2D eigenvalue weighted by Crippen LogP contribution is 2.27. The molecule has 1 aromatic carbocycles. The molecule has 0 amide bonds. The van der Waals surface area contributed by atoms with E-state index in [1.807, 2.05) is 29.5 Å². The van der Waals surface area contributed by atoms with Crippen LogP contribution in [0.3, 0.4) is 0 Å². The van der Waals surface area contributed by atoms with Gasteiger partial charge in [-0.25, -0.2) is 0 Å². The van der Waals surface area contributed by atoms with Crippen LogP contribution < -0.4 is 0 Å². The minimum atomic E-state index is 0.665. The molecule has 1 unspecified atom stereocenters. The summed E-state index contributed by atoms with van der Waals surface area (Å²) in [6.45, 7) is 5.92. The van der Waals surface area contributed by atoms with Crippen LogP contribution in [0, 0.1) is 0 Å². The SMILES string of the molecule is CCC(C)c1ccc(COCc2ccccc2)s1. The lowest BCUT2D eigenvalue weighted by molar-refractivity contribution is 0.109. The van der Waals surface area contributed by atoms with Gasteiger partial charge in [-0.05, 0) is 30.0 Å². The van der Waals surface area contributed by atoms with Crippen molar-refractivity contribution in [1.82, 2.24) is 0 Å². The lowest BCUT2D eigenvalue weighted by Gasteiger charge is -2.04. The Morgan fingerprint density at radius 3 is 2.56 bits per heavy atom. The van der Waals surface area contributed by atoms with Gasteiger partial charge in [0, 0.05) is 9.75 Å². The molecule has 1 aromatic heterocycles. The van der Waals surface area contributed by atoms with Crippen LogP contribution in [0.5, 0.6) is 0 Å². The maximum absolute atomic E-state index is 5.74. The van der Waals surface area contributed by atoms with E-state index in [0.717, 1.165) is 6.61 Å². The summed E-state index contributed by atoms with van der Waals surface area (Å²) >= 11 is 1.88. The fraction of sp³-hybridized carbons (Fsp3) is 0.375. The molecular weight excluding hydrogens is 240 g/mol. The van der Waals surface area contributed by atoms with E-state index in [9.17, 15) is 0 Å². The predicted molar refractivity (Wildman–Crippen MR) is 78.0 cm³/mol. The molecule has 2 rings (SSSR count). The van der Waals surface area contributed by atoms with E-state index < -0.39 is 0 Å². The molecule has 1 nitrogen and oxygen atoms in total. The zero-order valence-corrected chi connectivity index (χ0v) is 11.9. The van der Waals surface area contributed by atoms with E-state index in [0.29, 0.717) is 12.5 Å². The van der Waals surface area contributed by atoms with E-state index in [2.05, 4.69) is 38.1 Å². The monoisotopic (exact) mass is 260 g/mol. The molecule has 2 heteroatoms. The van der Waals surface area contributed by atoms with Gasteiger partial charge in [0.25, 0.3) is 0 Å². The highest BCUT2D eigenvalue weighted by Gasteiger charge is 2.06. The molecule has 0 aliphatic carbocycles. The average molecular weight is 260 g/mol. The van der Waals surface area contributed by atoms with Gasteiger partial charge in [0.2, 0.25) is 0 Å². The van der Waals surface area contributed by atoms with Gasteiger partial charge in [-0.3, -0.25) is 0 Å². The molecule has 0 aliphatic heterocycles. The number of hydrogen-bond donors (Lipinski definition) is 0. The zero-order valence-electron chi connectivity index (χ0n) is 11.1. The van der Waals surface area contributed by atoms with Gasteiger partial charge in [-0.2, -0.15) is 0 Å². The Hall–Kier alpha value is -1.12. The van der Waals surface area contributed by atoms with Crippen LogP contribution in [-0.2, 0) is 18.0 Å². The Balaban J connectivity index is 1.82. The first-order chi connectivity index (χ1) is 8.79. The fourth-order valence-electron chi connectivity index (χ4n) is 1.78. The first-order valence-electron chi connectivity index (χ1n) is 6.50. The summed E-state index contributed by atoms with van der Waals surface area (Å²) in [5.74, 6) is 0.665. The Kier molecular flexibility index (Phi) is 4.97. The summed E-state index contributed by atoms with van der Waals surface area (Å²) in [6, 6.07) is 14.7. The van der Waals surface area contributed by atoms with E-state index in [-0.39, 0.29) is 0 Å². The third-order valence-electron chi connectivity index (χ3n) is 3.14. The highest BCUT2D eigenvalue weighted by atomic mass is 32.1.